The van der Waals surface area contributed by atoms with E-state index in [-0.39, 0.29) is 5.60 Å². The van der Waals surface area contributed by atoms with Gasteiger partial charge < -0.3 is 10.5 Å². The van der Waals surface area contributed by atoms with E-state index in [0.717, 1.165) is 24.4 Å². The largest absolute Gasteiger partial charge is 0.384 e. The standard InChI is InChI=1S/C14H23N3O/c1-4-18-14(7-5-6-10(2)9-14)13-16-11(3)8-12(15)17-13/h8,10H,4-7,9H2,1-3H3,(H2,15,16,17). The molecule has 2 rings (SSSR count). The van der Waals surface area contributed by atoms with Crippen molar-refractivity contribution >= 4 is 5.82 Å². The van der Waals surface area contributed by atoms with Gasteiger partial charge in [0, 0.05) is 18.4 Å². The number of nitrogens with two attached hydrogens (primary N) is 1. The molecule has 1 saturated carbocycles. The topological polar surface area (TPSA) is 61.0 Å². The van der Waals surface area contributed by atoms with Crippen molar-refractivity contribution in [2.75, 3.05) is 12.3 Å². The molecule has 1 aromatic heterocycles. The Morgan fingerprint density at radius 2 is 2.28 bits per heavy atom. The minimum Gasteiger partial charge on any atom is -0.384 e. The Morgan fingerprint density at radius 3 is 2.89 bits per heavy atom. The first-order valence-corrected chi connectivity index (χ1v) is 6.81. The van der Waals surface area contributed by atoms with Crippen LogP contribution in [0.1, 0.15) is 51.0 Å². The molecule has 0 radical (unpaired) electrons. The van der Waals surface area contributed by atoms with E-state index in [1.807, 2.05) is 13.8 Å². The molecule has 2 unspecified atom stereocenters. The fraction of sp³-hybridized carbons (Fsp3) is 0.714. The van der Waals surface area contributed by atoms with E-state index in [1.165, 1.54) is 12.8 Å². The lowest BCUT2D eigenvalue weighted by Crippen LogP contribution is -2.37. The van der Waals surface area contributed by atoms with Gasteiger partial charge in [0.25, 0.3) is 0 Å². The Morgan fingerprint density at radius 1 is 1.50 bits per heavy atom. The quantitative estimate of drug-likeness (QED) is 0.894. The summed E-state index contributed by atoms with van der Waals surface area (Å²) >= 11 is 0. The van der Waals surface area contributed by atoms with Gasteiger partial charge in [-0.05, 0) is 39.0 Å². The van der Waals surface area contributed by atoms with Crippen molar-refractivity contribution in [2.24, 2.45) is 5.92 Å². The van der Waals surface area contributed by atoms with Crippen LogP contribution in [0.2, 0.25) is 0 Å². The summed E-state index contributed by atoms with van der Waals surface area (Å²) in [5, 5.41) is 0. The molecule has 1 aliphatic carbocycles. The van der Waals surface area contributed by atoms with Gasteiger partial charge >= 0.3 is 0 Å². The number of nitrogens with zero attached hydrogens (tertiary/aromatic N) is 2. The lowest BCUT2D eigenvalue weighted by molar-refractivity contribution is -0.0880. The van der Waals surface area contributed by atoms with Crippen LogP contribution in [0.15, 0.2) is 6.07 Å². The van der Waals surface area contributed by atoms with Crippen LogP contribution < -0.4 is 5.73 Å². The van der Waals surface area contributed by atoms with Gasteiger partial charge in [-0.25, -0.2) is 9.97 Å². The van der Waals surface area contributed by atoms with Crippen LogP contribution in [-0.4, -0.2) is 16.6 Å². The highest BCUT2D eigenvalue weighted by molar-refractivity contribution is 5.30. The van der Waals surface area contributed by atoms with Crippen LogP contribution in [0.5, 0.6) is 0 Å². The second-order valence-electron chi connectivity index (χ2n) is 5.39. The van der Waals surface area contributed by atoms with E-state index < -0.39 is 0 Å². The van der Waals surface area contributed by atoms with Crippen molar-refractivity contribution in [1.82, 2.24) is 9.97 Å². The number of hydrogen-bond acceptors (Lipinski definition) is 4. The summed E-state index contributed by atoms with van der Waals surface area (Å²) in [6.07, 6.45) is 4.41. The Hall–Kier alpha value is -1.16. The van der Waals surface area contributed by atoms with Gasteiger partial charge in [-0.3, -0.25) is 0 Å². The van der Waals surface area contributed by atoms with Crippen LogP contribution in [0, 0.1) is 12.8 Å². The van der Waals surface area contributed by atoms with Crippen molar-refractivity contribution in [3.8, 4) is 0 Å². The summed E-state index contributed by atoms with van der Waals surface area (Å²) in [6.45, 7) is 6.93. The predicted octanol–water partition coefficient (Wildman–Crippen LogP) is 2.81. The Labute approximate surface area is 109 Å². The molecule has 0 saturated heterocycles. The molecule has 0 amide bonds. The maximum absolute atomic E-state index is 6.06. The minimum atomic E-state index is -0.327. The zero-order valence-electron chi connectivity index (χ0n) is 11.6. The van der Waals surface area contributed by atoms with E-state index in [0.29, 0.717) is 18.3 Å². The zero-order chi connectivity index (χ0) is 13.2. The number of ether oxygens (including phenoxy) is 1. The molecule has 0 aromatic carbocycles. The Kier molecular flexibility index (Phi) is 3.85. The summed E-state index contributed by atoms with van der Waals surface area (Å²) in [4.78, 5) is 8.99. The van der Waals surface area contributed by atoms with Crippen LogP contribution in [0.3, 0.4) is 0 Å². The summed E-state index contributed by atoms with van der Waals surface area (Å²) < 4.78 is 6.06. The molecule has 2 atom stereocenters. The zero-order valence-corrected chi connectivity index (χ0v) is 11.6. The molecule has 0 bridgehead atoms. The van der Waals surface area contributed by atoms with Gasteiger partial charge in [0.1, 0.15) is 11.4 Å². The number of aromatic nitrogens is 2. The molecule has 1 fully saturated rings. The Bertz CT molecular complexity index is 397. The average molecular weight is 249 g/mol. The van der Waals surface area contributed by atoms with Crippen molar-refractivity contribution in [3.05, 3.63) is 17.6 Å². The van der Waals surface area contributed by atoms with E-state index in [2.05, 4.69) is 16.9 Å². The van der Waals surface area contributed by atoms with Crippen LogP contribution in [0.25, 0.3) is 0 Å². The third kappa shape index (κ3) is 2.64. The monoisotopic (exact) mass is 249 g/mol. The molecule has 2 N–H and O–H groups in total. The van der Waals surface area contributed by atoms with Crippen LogP contribution >= 0.6 is 0 Å². The fourth-order valence-electron chi connectivity index (χ4n) is 2.97. The van der Waals surface area contributed by atoms with Crippen molar-refractivity contribution < 1.29 is 4.74 Å². The molecular weight excluding hydrogens is 226 g/mol. The van der Waals surface area contributed by atoms with Gasteiger partial charge in [0.2, 0.25) is 0 Å². The molecule has 1 heterocycles. The maximum Gasteiger partial charge on any atom is 0.162 e. The van der Waals surface area contributed by atoms with Crippen molar-refractivity contribution in [3.63, 3.8) is 0 Å². The fourth-order valence-corrected chi connectivity index (χ4v) is 2.97. The molecule has 4 nitrogen and oxygen atoms in total. The molecule has 0 aliphatic heterocycles. The summed E-state index contributed by atoms with van der Waals surface area (Å²) in [5.41, 5.74) is 6.43. The van der Waals surface area contributed by atoms with Gasteiger partial charge in [0.15, 0.2) is 5.82 Å². The van der Waals surface area contributed by atoms with E-state index in [4.69, 9.17) is 10.5 Å². The predicted molar refractivity (Wildman–Crippen MR) is 72.1 cm³/mol. The second-order valence-corrected chi connectivity index (χ2v) is 5.39. The number of rotatable bonds is 3. The molecule has 100 valence electrons. The first-order valence-electron chi connectivity index (χ1n) is 6.81. The average Bonchev–Trinajstić information content (AvgIpc) is 2.28. The number of aryl methyl sites for hydroxylation is 1. The number of anilines is 1. The molecule has 1 aliphatic rings. The first-order chi connectivity index (χ1) is 8.55. The van der Waals surface area contributed by atoms with Crippen molar-refractivity contribution in [2.45, 2.75) is 52.1 Å². The summed E-state index contributed by atoms with van der Waals surface area (Å²) in [7, 11) is 0. The first kappa shape index (κ1) is 13.3. The molecule has 0 spiro atoms. The normalized spacial score (nSPS) is 28.3. The van der Waals surface area contributed by atoms with Crippen LogP contribution in [0.4, 0.5) is 5.82 Å². The molecule has 18 heavy (non-hydrogen) atoms. The number of hydrogen-bond donors (Lipinski definition) is 1. The summed E-state index contributed by atoms with van der Waals surface area (Å²) in [6, 6.07) is 1.80. The third-order valence-corrected chi connectivity index (χ3v) is 3.66. The number of nitrogen functional groups attached to an aromatic ring is 1. The second kappa shape index (κ2) is 5.22. The highest BCUT2D eigenvalue weighted by atomic mass is 16.5. The van der Waals surface area contributed by atoms with Crippen molar-refractivity contribution in [1.29, 1.82) is 0 Å². The lowest BCUT2D eigenvalue weighted by atomic mass is 9.78. The van der Waals surface area contributed by atoms with Crippen LogP contribution in [-0.2, 0) is 10.3 Å². The minimum absolute atomic E-state index is 0.327. The lowest BCUT2D eigenvalue weighted by Gasteiger charge is -2.38. The smallest absolute Gasteiger partial charge is 0.162 e. The summed E-state index contributed by atoms with van der Waals surface area (Å²) in [5.74, 6) is 1.96. The SMILES string of the molecule is CCOC1(c2nc(C)cc(N)n2)CCCC(C)C1. The molecule has 4 heteroatoms. The van der Waals surface area contributed by atoms with Gasteiger partial charge in [-0.1, -0.05) is 13.3 Å². The molecular formula is C14H23N3O. The van der Waals surface area contributed by atoms with Gasteiger partial charge in [-0.15, -0.1) is 0 Å². The highest BCUT2D eigenvalue weighted by Crippen LogP contribution is 2.41. The third-order valence-electron chi connectivity index (χ3n) is 3.66. The van der Waals surface area contributed by atoms with Gasteiger partial charge in [0.05, 0.1) is 0 Å². The van der Waals surface area contributed by atoms with E-state index in [1.54, 1.807) is 6.07 Å². The maximum atomic E-state index is 6.06. The Balaban J connectivity index is 2.39. The molecule has 1 aromatic rings. The highest BCUT2D eigenvalue weighted by Gasteiger charge is 2.40. The van der Waals surface area contributed by atoms with E-state index >= 15 is 0 Å². The van der Waals surface area contributed by atoms with Gasteiger partial charge in [-0.2, -0.15) is 0 Å². The van der Waals surface area contributed by atoms with E-state index in [9.17, 15) is 0 Å².